The SMILES string of the molecule is C=C[C@@H]1C2=CCOC(=O)C2=CO[C@H]1O[C@@H]1O[C@H](CO)[C@H](N=[N+]=[N-])[C@H](O)[C@H]1O. The molecule has 0 amide bonds. The number of aliphatic hydroxyl groups excluding tert-OH is 3. The second kappa shape index (κ2) is 8.09. The standard InChI is InChI=1S/C16H19N3O8/c1-2-7-8-3-4-24-14(23)9(8)6-25-15(7)27-16-13(22)12(21)11(18-19-17)10(5-20)26-16/h2-3,6-7,10-13,15-16,20-22H,1,4-5H2/t7-,10-,11+,12+,13-,15+,16+/m1/s1. The van der Waals surface area contributed by atoms with Crippen LogP contribution in [0.2, 0.25) is 0 Å². The lowest BCUT2D eigenvalue weighted by atomic mass is 9.89. The summed E-state index contributed by atoms with van der Waals surface area (Å²) in [5, 5.41) is 33.2. The van der Waals surface area contributed by atoms with Crippen LogP contribution in [0.15, 0.2) is 41.3 Å². The average molecular weight is 381 g/mol. The molecule has 0 aromatic carbocycles. The molecule has 146 valence electrons. The molecule has 3 aliphatic rings. The lowest BCUT2D eigenvalue weighted by molar-refractivity contribution is -0.319. The number of carbonyl (C=O) groups excluding carboxylic acids is 1. The summed E-state index contributed by atoms with van der Waals surface area (Å²) in [6.07, 6.45) is -2.14. The van der Waals surface area contributed by atoms with Gasteiger partial charge in [-0.3, -0.25) is 0 Å². The van der Waals surface area contributed by atoms with Crippen LogP contribution < -0.4 is 0 Å². The van der Waals surface area contributed by atoms with Gasteiger partial charge >= 0.3 is 5.97 Å². The van der Waals surface area contributed by atoms with Crippen LogP contribution in [0.25, 0.3) is 10.4 Å². The molecule has 0 bridgehead atoms. The van der Waals surface area contributed by atoms with Gasteiger partial charge in [0, 0.05) is 4.91 Å². The normalized spacial score (nSPS) is 38.3. The third kappa shape index (κ3) is 3.56. The molecule has 0 unspecified atom stereocenters. The van der Waals surface area contributed by atoms with E-state index in [1.54, 1.807) is 6.08 Å². The number of esters is 1. The number of hydrogen-bond acceptors (Lipinski definition) is 9. The van der Waals surface area contributed by atoms with Crippen molar-refractivity contribution in [2.75, 3.05) is 13.2 Å². The molecule has 1 fully saturated rings. The molecule has 11 nitrogen and oxygen atoms in total. The summed E-state index contributed by atoms with van der Waals surface area (Å²) < 4.78 is 21.4. The van der Waals surface area contributed by atoms with E-state index in [0.717, 1.165) is 0 Å². The van der Waals surface area contributed by atoms with E-state index in [1.165, 1.54) is 12.3 Å². The van der Waals surface area contributed by atoms with Crippen molar-refractivity contribution >= 4 is 5.97 Å². The van der Waals surface area contributed by atoms with Crippen molar-refractivity contribution in [1.29, 1.82) is 0 Å². The van der Waals surface area contributed by atoms with Gasteiger partial charge in [0.05, 0.1) is 36.3 Å². The zero-order chi connectivity index (χ0) is 19.6. The van der Waals surface area contributed by atoms with E-state index in [0.29, 0.717) is 5.57 Å². The zero-order valence-electron chi connectivity index (χ0n) is 14.1. The van der Waals surface area contributed by atoms with Gasteiger partial charge in [-0.05, 0) is 17.2 Å². The monoisotopic (exact) mass is 381 g/mol. The molecule has 0 aliphatic carbocycles. The molecular weight excluding hydrogens is 362 g/mol. The fraction of sp³-hybridized carbons (Fsp3) is 0.562. The third-order valence-corrected chi connectivity index (χ3v) is 4.58. The number of cyclic esters (lactones) is 1. The predicted molar refractivity (Wildman–Crippen MR) is 87.5 cm³/mol. The fourth-order valence-corrected chi connectivity index (χ4v) is 3.18. The van der Waals surface area contributed by atoms with Crippen LogP contribution in [0.1, 0.15) is 0 Å². The van der Waals surface area contributed by atoms with E-state index in [-0.39, 0.29) is 12.2 Å². The molecule has 0 saturated carbocycles. The highest BCUT2D eigenvalue weighted by atomic mass is 16.8. The molecule has 3 N–H and O–H groups in total. The highest BCUT2D eigenvalue weighted by molar-refractivity contribution is 5.94. The first-order chi connectivity index (χ1) is 13.0. The smallest absolute Gasteiger partial charge is 0.341 e. The van der Waals surface area contributed by atoms with Crippen LogP contribution in [-0.2, 0) is 23.7 Å². The maximum Gasteiger partial charge on any atom is 0.341 e. The minimum absolute atomic E-state index is 0.101. The number of fused-ring (bicyclic) bond motifs is 1. The van der Waals surface area contributed by atoms with Crippen LogP contribution in [0.5, 0.6) is 0 Å². The van der Waals surface area contributed by atoms with Gasteiger partial charge in [0.1, 0.15) is 19.0 Å². The van der Waals surface area contributed by atoms with E-state index in [9.17, 15) is 20.1 Å². The Bertz CT molecular complexity index is 714. The third-order valence-electron chi connectivity index (χ3n) is 4.58. The van der Waals surface area contributed by atoms with Crippen molar-refractivity contribution in [3.63, 3.8) is 0 Å². The van der Waals surface area contributed by atoms with Crippen LogP contribution in [-0.4, -0.2) is 71.4 Å². The van der Waals surface area contributed by atoms with Gasteiger partial charge in [-0.25, -0.2) is 4.79 Å². The van der Waals surface area contributed by atoms with Crippen molar-refractivity contribution < 1.29 is 39.1 Å². The van der Waals surface area contributed by atoms with Crippen LogP contribution in [0.4, 0.5) is 0 Å². The predicted octanol–water partition coefficient (Wildman–Crippen LogP) is -0.354. The molecule has 0 spiro atoms. The summed E-state index contributed by atoms with van der Waals surface area (Å²) in [7, 11) is 0. The van der Waals surface area contributed by atoms with Crippen molar-refractivity contribution in [2.24, 2.45) is 11.0 Å². The Balaban J connectivity index is 1.79. The van der Waals surface area contributed by atoms with Crippen molar-refractivity contribution in [1.82, 2.24) is 0 Å². The Hall–Kier alpha value is -2.40. The topological polar surface area (TPSA) is 163 Å². The first-order valence-electron chi connectivity index (χ1n) is 8.19. The average Bonchev–Trinajstić information content (AvgIpc) is 2.67. The molecule has 3 heterocycles. The zero-order valence-corrected chi connectivity index (χ0v) is 14.1. The Morgan fingerprint density at radius 3 is 2.85 bits per heavy atom. The molecule has 7 atom stereocenters. The number of aliphatic hydroxyl groups is 3. The summed E-state index contributed by atoms with van der Waals surface area (Å²) in [5.74, 6) is -1.09. The Kier molecular flexibility index (Phi) is 5.80. The van der Waals surface area contributed by atoms with Crippen molar-refractivity contribution in [3.8, 4) is 0 Å². The highest BCUT2D eigenvalue weighted by Gasteiger charge is 2.47. The molecule has 11 heteroatoms. The van der Waals surface area contributed by atoms with Crippen LogP contribution >= 0.6 is 0 Å². The summed E-state index contributed by atoms with van der Waals surface area (Å²) in [5.41, 5.74) is 9.43. The molecule has 1 saturated heterocycles. The summed E-state index contributed by atoms with van der Waals surface area (Å²) in [6, 6.07) is -1.18. The molecule has 3 rings (SSSR count). The van der Waals surface area contributed by atoms with Gasteiger partial charge in [0.25, 0.3) is 0 Å². The molecular formula is C16H19N3O8. The molecule has 0 aromatic rings. The van der Waals surface area contributed by atoms with Gasteiger partial charge in [0.2, 0.25) is 6.29 Å². The number of rotatable bonds is 5. The van der Waals surface area contributed by atoms with E-state index in [4.69, 9.17) is 24.5 Å². The van der Waals surface area contributed by atoms with Gasteiger partial charge in [-0.15, -0.1) is 6.58 Å². The summed E-state index contributed by atoms with van der Waals surface area (Å²) in [4.78, 5) is 14.4. The van der Waals surface area contributed by atoms with Gasteiger partial charge < -0.3 is 34.3 Å². The van der Waals surface area contributed by atoms with Crippen LogP contribution in [0, 0.1) is 5.92 Å². The largest absolute Gasteiger partial charge is 0.471 e. The Morgan fingerprint density at radius 2 is 2.19 bits per heavy atom. The Labute approximate surface area is 153 Å². The quantitative estimate of drug-likeness (QED) is 0.191. The lowest BCUT2D eigenvalue weighted by Gasteiger charge is -2.42. The van der Waals surface area contributed by atoms with Crippen molar-refractivity contribution in [3.05, 3.63) is 46.6 Å². The minimum atomic E-state index is -1.56. The number of hydrogen-bond donors (Lipinski definition) is 3. The van der Waals surface area contributed by atoms with E-state index in [2.05, 4.69) is 16.6 Å². The molecule has 27 heavy (non-hydrogen) atoms. The maximum atomic E-state index is 11.8. The molecule has 0 radical (unpaired) electrons. The summed E-state index contributed by atoms with van der Waals surface area (Å²) in [6.45, 7) is 3.25. The maximum absolute atomic E-state index is 11.8. The first kappa shape index (κ1) is 19.4. The van der Waals surface area contributed by atoms with Gasteiger partial charge in [-0.1, -0.05) is 11.2 Å². The minimum Gasteiger partial charge on any atom is -0.471 e. The Morgan fingerprint density at radius 1 is 1.41 bits per heavy atom. The molecule has 3 aliphatic heterocycles. The van der Waals surface area contributed by atoms with Gasteiger partial charge in [0.15, 0.2) is 6.29 Å². The van der Waals surface area contributed by atoms with E-state index < -0.39 is 55.4 Å². The van der Waals surface area contributed by atoms with Crippen molar-refractivity contribution in [2.45, 2.75) is 36.9 Å². The second-order valence-corrected chi connectivity index (χ2v) is 6.09. The summed E-state index contributed by atoms with van der Waals surface area (Å²) >= 11 is 0. The number of nitrogens with zero attached hydrogens (tertiary/aromatic N) is 3. The highest BCUT2D eigenvalue weighted by Crippen LogP contribution is 2.36. The van der Waals surface area contributed by atoms with Crippen LogP contribution in [0.3, 0.4) is 0 Å². The molecule has 0 aromatic heterocycles. The lowest BCUT2D eigenvalue weighted by Crippen LogP contribution is -2.59. The van der Waals surface area contributed by atoms with E-state index in [1.807, 2.05) is 0 Å². The first-order valence-corrected chi connectivity index (χ1v) is 8.19. The second-order valence-electron chi connectivity index (χ2n) is 6.09. The van der Waals surface area contributed by atoms with Gasteiger partial charge in [-0.2, -0.15) is 0 Å². The fourth-order valence-electron chi connectivity index (χ4n) is 3.18. The number of ether oxygens (including phenoxy) is 4. The number of azide groups is 1. The number of carbonyl (C=O) groups is 1. The van der Waals surface area contributed by atoms with E-state index >= 15 is 0 Å².